The summed E-state index contributed by atoms with van der Waals surface area (Å²) in [5.41, 5.74) is 7.12. The van der Waals surface area contributed by atoms with Crippen molar-refractivity contribution in [3.05, 3.63) is 29.3 Å². The molecule has 2 N–H and O–H groups in total. The normalized spacial score (nSPS) is 9.94. The molecule has 0 unspecified atom stereocenters. The van der Waals surface area contributed by atoms with Crippen molar-refractivity contribution in [2.75, 3.05) is 5.75 Å². The van der Waals surface area contributed by atoms with Crippen LogP contribution in [0.1, 0.15) is 24.5 Å². The maximum absolute atomic E-state index is 11.3. The van der Waals surface area contributed by atoms with Crippen molar-refractivity contribution in [2.45, 2.75) is 32.1 Å². The first-order valence-corrected chi connectivity index (χ1v) is 6.73. The Kier molecular flexibility index (Phi) is 5.71. The lowest BCUT2D eigenvalue weighted by Gasteiger charge is -2.06. The van der Waals surface area contributed by atoms with Crippen LogP contribution in [-0.4, -0.2) is 17.6 Å². The van der Waals surface area contributed by atoms with Gasteiger partial charge in [0.05, 0.1) is 0 Å². The summed E-state index contributed by atoms with van der Waals surface area (Å²) >= 11 is 1.63. The Morgan fingerprint density at radius 1 is 1.17 bits per heavy atom. The van der Waals surface area contributed by atoms with Crippen LogP contribution in [0.15, 0.2) is 23.1 Å². The van der Waals surface area contributed by atoms with E-state index < -0.39 is 0 Å². The molecule has 0 aliphatic rings. The number of rotatable bonds is 4. The molecule has 0 aromatic heterocycles. The van der Waals surface area contributed by atoms with Gasteiger partial charge >= 0.3 is 0 Å². The SMILES string of the molecule is CC(=O)NNC(=O)CCSc1ccc(C)c(C)c1. The molecule has 0 fully saturated rings. The highest BCUT2D eigenvalue weighted by Gasteiger charge is 2.03. The second-order valence-corrected chi connectivity index (χ2v) is 5.24. The van der Waals surface area contributed by atoms with Crippen LogP contribution in [0.4, 0.5) is 0 Å². The number of carbonyl (C=O) groups is 2. The number of benzene rings is 1. The Balaban J connectivity index is 2.30. The number of hydrogen-bond acceptors (Lipinski definition) is 3. The number of aryl methyl sites for hydroxylation is 2. The van der Waals surface area contributed by atoms with Crippen LogP contribution < -0.4 is 10.9 Å². The van der Waals surface area contributed by atoms with Crippen LogP contribution in [0, 0.1) is 13.8 Å². The number of carbonyl (C=O) groups excluding carboxylic acids is 2. The van der Waals surface area contributed by atoms with E-state index in [4.69, 9.17) is 0 Å². The number of nitrogens with one attached hydrogen (secondary N) is 2. The van der Waals surface area contributed by atoms with Crippen molar-refractivity contribution in [2.24, 2.45) is 0 Å². The van der Waals surface area contributed by atoms with Gasteiger partial charge in [0.2, 0.25) is 11.8 Å². The minimum absolute atomic E-state index is 0.179. The molecule has 1 rings (SSSR count). The minimum Gasteiger partial charge on any atom is -0.274 e. The summed E-state index contributed by atoms with van der Waals surface area (Å²) < 4.78 is 0. The molecule has 0 heterocycles. The Bertz CT molecular complexity index is 447. The van der Waals surface area contributed by atoms with Crippen LogP contribution in [0.2, 0.25) is 0 Å². The molecular weight excluding hydrogens is 248 g/mol. The van der Waals surface area contributed by atoms with E-state index >= 15 is 0 Å². The van der Waals surface area contributed by atoms with Crippen molar-refractivity contribution in [3.8, 4) is 0 Å². The largest absolute Gasteiger partial charge is 0.274 e. The summed E-state index contributed by atoms with van der Waals surface area (Å²) in [6.07, 6.45) is 0.373. The number of thioether (sulfide) groups is 1. The molecule has 1 aromatic carbocycles. The van der Waals surface area contributed by atoms with Gasteiger partial charge in [-0.3, -0.25) is 20.4 Å². The second-order valence-electron chi connectivity index (χ2n) is 4.07. The molecule has 98 valence electrons. The van der Waals surface area contributed by atoms with Gasteiger partial charge in [-0.1, -0.05) is 6.07 Å². The first kappa shape index (κ1) is 14.6. The van der Waals surface area contributed by atoms with Gasteiger partial charge in [0, 0.05) is 24.0 Å². The summed E-state index contributed by atoms with van der Waals surface area (Å²) in [5, 5.41) is 0. The smallest absolute Gasteiger partial charge is 0.239 e. The monoisotopic (exact) mass is 266 g/mol. The molecule has 0 spiro atoms. The predicted molar refractivity (Wildman–Crippen MR) is 73.2 cm³/mol. The van der Waals surface area contributed by atoms with Gasteiger partial charge in [-0.15, -0.1) is 11.8 Å². The van der Waals surface area contributed by atoms with Crippen LogP contribution in [0.5, 0.6) is 0 Å². The van der Waals surface area contributed by atoms with Gasteiger partial charge in [0.25, 0.3) is 0 Å². The fourth-order valence-corrected chi connectivity index (χ4v) is 2.23. The molecule has 0 bridgehead atoms. The maximum atomic E-state index is 11.3. The molecule has 0 aliphatic carbocycles. The predicted octanol–water partition coefficient (Wildman–Crippen LogP) is 1.95. The third-order valence-corrected chi connectivity index (χ3v) is 3.45. The van der Waals surface area contributed by atoms with E-state index in [0.717, 1.165) is 4.90 Å². The second kappa shape index (κ2) is 7.06. The molecule has 0 radical (unpaired) electrons. The lowest BCUT2D eigenvalue weighted by atomic mass is 10.1. The minimum atomic E-state index is -0.273. The highest BCUT2D eigenvalue weighted by Crippen LogP contribution is 2.21. The van der Waals surface area contributed by atoms with Crippen molar-refractivity contribution >= 4 is 23.6 Å². The number of hydrogen-bond donors (Lipinski definition) is 2. The molecular formula is C13H18N2O2S. The maximum Gasteiger partial charge on any atom is 0.239 e. The third-order valence-electron chi connectivity index (χ3n) is 2.45. The Labute approximate surface area is 112 Å². The molecule has 0 saturated carbocycles. The molecule has 5 heteroatoms. The summed E-state index contributed by atoms with van der Waals surface area (Å²) in [6.45, 7) is 5.50. The Morgan fingerprint density at radius 3 is 2.50 bits per heavy atom. The van der Waals surface area contributed by atoms with Gasteiger partial charge < -0.3 is 0 Å². The summed E-state index contributed by atoms with van der Waals surface area (Å²) in [6, 6.07) is 6.25. The average Bonchev–Trinajstić information content (AvgIpc) is 2.31. The van der Waals surface area contributed by atoms with Gasteiger partial charge in [-0.05, 0) is 37.1 Å². The molecule has 1 aromatic rings. The summed E-state index contributed by atoms with van der Waals surface area (Å²) in [4.78, 5) is 23.1. The van der Waals surface area contributed by atoms with Crippen LogP contribution >= 0.6 is 11.8 Å². The van der Waals surface area contributed by atoms with E-state index in [9.17, 15) is 9.59 Å². The number of hydrazine groups is 1. The van der Waals surface area contributed by atoms with Crippen molar-refractivity contribution in [1.82, 2.24) is 10.9 Å². The zero-order valence-corrected chi connectivity index (χ0v) is 11.7. The summed E-state index contributed by atoms with van der Waals surface area (Å²) in [5.74, 6) is 0.236. The van der Waals surface area contributed by atoms with E-state index in [1.807, 2.05) is 0 Å². The average molecular weight is 266 g/mol. The van der Waals surface area contributed by atoms with E-state index in [2.05, 4.69) is 42.9 Å². The number of amides is 2. The highest BCUT2D eigenvalue weighted by atomic mass is 32.2. The van der Waals surface area contributed by atoms with Gasteiger partial charge in [-0.2, -0.15) is 0 Å². The van der Waals surface area contributed by atoms with Crippen molar-refractivity contribution < 1.29 is 9.59 Å². The Hall–Kier alpha value is -1.49. The fourth-order valence-electron chi connectivity index (χ4n) is 1.29. The molecule has 0 atom stereocenters. The van der Waals surface area contributed by atoms with Gasteiger partial charge in [0.15, 0.2) is 0 Å². The van der Waals surface area contributed by atoms with E-state index in [0.29, 0.717) is 12.2 Å². The standard InChI is InChI=1S/C13H18N2O2S/c1-9-4-5-12(8-10(9)2)18-7-6-13(17)15-14-11(3)16/h4-5,8H,6-7H2,1-3H3,(H,14,16)(H,15,17). The topological polar surface area (TPSA) is 58.2 Å². The Morgan fingerprint density at radius 2 is 1.89 bits per heavy atom. The molecule has 0 saturated heterocycles. The van der Waals surface area contributed by atoms with Crippen LogP contribution in [0.25, 0.3) is 0 Å². The van der Waals surface area contributed by atoms with E-state index in [1.54, 1.807) is 11.8 Å². The zero-order valence-electron chi connectivity index (χ0n) is 10.9. The van der Waals surface area contributed by atoms with Gasteiger partial charge in [0.1, 0.15) is 0 Å². The van der Waals surface area contributed by atoms with Crippen molar-refractivity contribution in [1.29, 1.82) is 0 Å². The molecule has 4 nitrogen and oxygen atoms in total. The molecule has 2 amide bonds. The van der Waals surface area contributed by atoms with E-state index in [1.165, 1.54) is 18.1 Å². The first-order chi connectivity index (χ1) is 8.49. The zero-order chi connectivity index (χ0) is 13.5. The quantitative estimate of drug-likeness (QED) is 0.647. The molecule has 0 aliphatic heterocycles. The lowest BCUT2D eigenvalue weighted by molar-refractivity contribution is -0.127. The molecule has 18 heavy (non-hydrogen) atoms. The summed E-state index contributed by atoms with van der Waals surface area (Å²) in [7, 11) is 0. The van der Waals surface area contributed by atoms with Crippen molar-refractivity contribution in [3.63, 3.8) is 0 Å². The van der Waals surface area contributed by atoms with Crippen LogP contribution in [-0.2, 0) is 9.59 Å². The third kappa shape index (κ3) is 5.23. The lowest BCUT2D eigenvalue weighted by Crippen LogP contribution is -2.40. The fraction of sp³-hybridized carbons (Fsp3) is 0.385. The first-order valence-electron chi connectivity index (χ1n) is 5.74. The van der Waals surface area contributed by atoms with E-state index in [-0.39, 0.29) is 11.8 Å². The van der Waals surface area contributed by atoms with Gasteiger partial charge in [-0.25, -0.2) is 0 Å². The van der Waals surface area contributed by atoms with Crippen LogP contribution in [0.3, 0.4) is 0 Å². The highest BCUT2D eigenvalue weighted by molar-refractivity contribution is 7.99.